The fourth-order valence-corrected chi connectivity index (χ4v) is 2.76. The summed E-state index contributed by atoms with van der Waals surface area (Å²) in [6, 6.07) is 9.55. The van der Waals surface area contributed by atoms with E-state index in [2.05, 4.69) is 0 Å². The van der Waals surface area contributed by atoms with Crippen LogP contribution in [-0.2, 0) is 16.1 Å². The molecule has 0 radical (unpaired) electrons. The first-order chi connectivity index (χ1) is 10.9. The van der Waals surface area contributed by atoms with Crippen LogP contribution in [0, 0.1) is 0 Å². The molecule has 23 heavy (non-hydrogen) atoms. The molecule has 1 aliphatic rings. The standard InChI is InChI=1S/C18H27NO4/c1-18(2,3)23-17(21)19-11-7-10-16(15(19)12-20)22-13-14-8-5-4-6-9-14/h4-6,8-9,15-16,20H,7,10-13H2,1-3H3/t15-,16+/m0/s1. The van der Waals surface area contributed by atoms with E-state index in [-0.39, 0.29) is 24.8 Å². The minimum Gasteiger partial charge on any atom is -0.444 e. The Balaban J connectivity index is 1.98. The normalized spacial score (nSPS) is 22.0. The monoisotopic (exact) mass is 321 g/mol. The predicted octanol–water partition coefficient (Wildman–Crippen LogP) is 2.96. The van der Waals surface area contributed by atoms with Gasteiger partial charge in [-0.25, -0.2) is 4.79 Å². The van der Waals surface area contributed by atoms with Crippen LogP contribution in [0.3, 0.4) is 0 Å². The highest BCUT2D eigenvalue weighted by Gasteiger charge is 2.36. The van der Waals surface area contributed by atoms with E-state index < -0.39 is 5.60 Å². The number of piperidine rings is 1. The van der Waals surface area contributed by atoms with Gasteiger partial charge in [-0.1, -0.05) is 30.3 Å². The molecule has 0 saturated carbocycles. The largest absolute Gasteiger partial charge is 0.444 e. The van der Waals surface area contributed by atoms with E-state index in [9.17, 15) is 9.90 Å². The Morgan fingerprint density at radius 1 is 1.30 bits per heavy atom. The lowest BCUT2D eigenvalue weighted by molar-refractivity contribution is -0.0716. The number of rotatable bonds is 4. The molecule has 1 aliphatic heterocycles. The zero-order valence-electron chi connectivity index (χ0n) is 14.2. The Morgan fingerprint density at radius 2 is 2.00 bits per heavy atom. The zero-order chi connectivity index (χ0) is 16.9. The number of carbonyl (C=O) groups is 1. The lowest BCUT2D eigenvalue weighted by Crippen LogP contribution is -2.54. The molecule has 128 valence electrons. The van der Waals surface area contributed by atoms with E-state index in [0.29, 0.717) is 13.2 Å². The number of carbonyl (C=O) groups excluding carboxylic acids is 1. The number of amides is 1. The Morgan fingerprint density at radius 3 is 2.61 bits per heavy atom. The number of nitrogens with zero attached hydrogens (tertiary/aromatic N) is 1. The molecule has 1 saturated heterocycles. The predicted molar refractivity (Wildman–Crippen MR) is 88.1 cm³/mol. The van der Waals surface area contributed by atoms with Gasteiger partial charge >= 0.3 is 6.09 Å². The van der Waals surface area contributed by atoms with Crippen molar-refractivity contribution in [3.05, 3.63) is 35.9 Å². The van der Waals surface area contributed by atoms with E-state index in [0.717, 1.165) is 18.4 Å². The summed E-state index contributed by atoms with van der Waals surface area (Å²) in [5, 5.41) is 9.75. The molecule has 0 aromatic heterocycles. The van der Waals surface area contributed by atoms with Crippen molar-refractivity contribution in [2.45, 2.75) is 58.0 Å². The van der Waals surface area contributed by atoms with Crippen molar-refractivity contribution in [2.75, 3.05) is 13.2 Å². The molecule has 5 heteroatoms. The summed E-state index contributed by atoms with van der Waals surface area (Å²) in [7, 11) is 0. The van der Waals surface area contributed by atoms with E-state index in [1.807, 2.05) is 51.1 Å². The maximum Gasteiger partial charge on any atom is 0.410 e. The molecular formula is C18H27NO4. The van der Waals surface area contributed by atoms with Gasteiger partial charge in [-0.15, -0.1) is 0 Å². The Labute approximate surface area is 138 Å². The highest BCUT2D eigenvalue weighted by atomic mass is 16.6. The highest BCUT2D eigenvalue weighted by molar-refractivity contribution is 5.68. The van der Waals surface area contributed by atoms with Crippen LogP contribution in [0.5, 0.6) is 0 Å². The second-order valence-corrected chi connectivity index (χ2v) is 6.90. The topological polar surface area (TPSA) is 59.0 Å². The van der Waals surface area contributed by atoms with E-state index in [4.69, 9.17) is 9.47 Å². The molecule has 2 rings (SSSR count). The number of hydrogen-bond donors (Lipinski definition) is 1. The van der Waals surface area contributed by atoms with E-state index in [1.54, 1.807) is 4.90 Å². The summed E-state index contributed by atoms with van der Waals surface area (Å²) in [6.07, 6.45) is 1.11. The SMILES string of the molecule is CC(C)(C)OC(=O)N1CCC[C@@H](OCc2ccccc2)[C@@H]1CO. The van der Waals surface area contributed by atoms with Crippen LogP contribution in [0.15, 0.2) is 30.3 Å². The van der Waals surface area contributed by atoms with Crippen LogP contribution in [0.4, 0.5) is 4.79 Å². The average Bonchev–Trinajstić information content (AvgIpc) is 2.51. The summed E-state index contributed by atoms with van der Waals surface area (Å²) in [6.45, 7) is 6.46. The Kier molecular flexibility index (Phi) is 6.02. The highest BCUT2D eigenvalue weighted by Crippen LogP contribution is 2.23. The van der Waals surface area contributed by atoms with Gasteiger partial charge in [0.1, 0.15) is 5.60 Å². The van der Waals surface area contributed by atoms with Crippen LogP contribution < -0.4 is 0 Å². The minimum absolute atomic E-state index is 0.126. The van der Waals surface area contributed by atoms with Crippen molar-refractivity contribution in [3.8, 4) is 0 Å². The third kappa shape index (κ3) is 5.22. The maximum atomic E-state index is 12.3. The van der Waals surface area contributed by atoms with Crippen molar-refractivity contribution >= 4 is 6.09 Å². The molecule has 1 fully saturated rings. The molecule has 1 aromatic carbocycles. The van der Waals surface area contributed by atoms with Crippen molar-refractivity contribution in [2.24, 2.45) is 0 Å². The molecule has 2 atom stereocenters. The van der Waals surface area contributed by atoms with Gasteiger partial charge in [0.25, 0.3) is 0 Å². The smallest absolute Gasteiger partial charge is 0.410 e. The number of aliphatic hydroxyl groups is 1. The maximum absolute atomic E-state index is 12.3. The molecule has 1 heterocycles. The molecule has 1 N–H and O–H groups in total. The van der Waals surface area contributed by atoms with Gasteiger partial charge in [0.2, 0.25) is 0 Å². The summed E-state index contributed by atoms with van der Waals surface area (Å²) in [5.74, 6) is 0. The van der Waals surface area contributed by atoms with Crippen molar-refractivity contribution in [3.63, 3.8) is 0 Å². The quantitative estimate of drug-likeness (QED) is 0.926. The van der Waals surface area contributed by atoms with Gasteiger partial charge in [-0.3, -0.25) is 0 Å². The Hall–Kier alpha value is -1.59. The summed E-state index contributed by atoms with van der Waals surface area (Å²) in [4.78, 5) is 13.9. The fourth-order valence-electron chi connectivity index (χ4n) is 2.76. The van der Waals surface area contributed by atoms with Crippen LogP contribution in [0.2, 0.25) is 0 Å². The molecule has 0 unspecified atom stereocenters. The van der Waals surface area contributed by atoms with Crippen LogP contribution in [0.25, 0.3) is 0 Å². The first-order valence-corrected chi connectivity index (χ1v) is 8.17. The van der Waals surface area contributed by atoms with Gasteiger partial charge in [0.05, 0.1) is 25.4 Å². The first-order valence-electron chi connectivity index (χ1n) is 8.17. The van der Waals surface area contributed by atoms with Crippen molar-refractivity contribution < 1.29 is 19.4 Å². The van der Waals surface area contributed by atoms with Gasteiger partial charge < -0.3 is 19.5 Å². The number of hydrogen-bond acceptors (Lipinski definition) is 4. The Bertz CT molecular complexity index is 497. The van der Waals surface area contributed by atoms with Crippen molar-refractivity contribution in [1.82, 2.24) is 4.90 Å². The third-order valence-corrected chi connectivity index (χ3v) is 3.84. The van der Waals surface area contributed by atoms with E-state index in [1.165, 1.54) is 0 Å². The third-order valence-electron chi connectivity index (χ3n) is 3.84. The fraction of sp³-hybridized carbons (Fsp3) is 0.611. The molecular weight excluding hydrogens is 294 g/mol. The molecule has 0 spiro atoms. The number of likely N-dealkylation sites (tertiary alicyclic amines) is 1. The molecule has 1 amide bonds. The number of ether oxygens (including phenoxy) is 2. The zero-order valence-corrected chi connectivity index (χ0v) is 14.2. The summed E-state index contributed by atoms with van der Waals surface area (Å²) >= 11 is 0. The summed E-state index contributed by atoms with van der Waals surface area (Å²) in [5.41, 5.74) is 0.535. The summed E-state index contributed by atoms with van der Waals surface area (Å²) < 4.78 is 11.4. The van der Waals surface area contributed by atoms with Gasteiger partial charge in [0.15, 0.2) is 0 Å². The average molecular weight is 321 g/mol. The van der Waals surface area contributed by atoms with Gasteiger partial charge in [-0.2, -0.15) is 0 Å². The lowest BCUT2D eigenvalue weighted by atomic mass is 9.99. The van der Waals surface area contributed by atoms with Crippen LogP contribution in [-0.4, -0.2) is 47.0 Å². The first kappa shape index (κ1) is 17.8. The molecule has 1 aromatic rings. The second-order valence-electron chi connectivity index (χ2n) is 6.90. The number of aliphatic hydroxyl groups excluding tert-OH is 1. The minimum atomic E-state index is -0.547. The van der Waals surface area contributed by atoms with Gasteiger partial charge in [0, 0.05) is 6.54 Å². The van der Waals surface area contributed by atoms with Gasteiger partial charge in [-0.05, 0) is 39.2 Å². The molecule has 5 nitrogen and oxygen atoms in total. The lowest BCUT2D eigenvalue weighted by Gasteiger charge is -2.40. The molecule has 0 aliphatic carbocycles. The van der Waals surface area contributed by atoms with Crippen molar-refractivity contribution in [1.29, 1.82) is 0 Å². The second kappa shape index (κ2) is 7.79. The van der Waals surface area contributed by atoms with Crippen LogP contribution in [0.1, 0.15) is 39.2 Å². The van der Waals surface area contributed by atoms with Crippen LogP contribution >= 0.6 is 0 Å². The number of benzene rings is 1. The molecule has 0 bridgehead atoms. The van der Waals surface area contributed by atoms with E-state index >= 15 is 0 Å².